The fourth-order valence-electron chi connectivity index (χ4n) is 4.46. The maximum absolute atomic E-state index is 13.1. The molecule has 176 valence electrons. The molecule has 6 nitrogen and oxygen atoms in total. The number of ether oxygens (including phenoxy) is 1. The lowest BCUT2D eigenvalue weighted by Crippen LogP contribution is -2.42. The normalized spacial score (nSPS) is 17.4. The summed E-state index contributed by atoms with van der Waals surface area (Å²) in [5.74, 6) is 1.51. The van der Waals surface area contributed by atoms with Crippen LogP contribution in [-0.4, -0.2) is 29.3 Å². The molecule has 0 radical (unpaired) electrons. The van der Waals surface area contributed by atoms with Crippen molar-refractivity contribution in [3.63, 3.8) is 0 Å². The fraction of sp³-hybridized carbons (Fsp3) is 0.357. The number of hydrogen-bond acceptors (Lipinski definition) is 4. The Bertz CT molecular complexity index is 1180. The second kappa shape index (κ2) is 9.37. The van der Waals surface area contributed by atoms with E-state index in [0.717, 1.165) is 30.4 Å². The first-order valence-electron chi connectivity index (χ1n) is 12.0. The van der Waals surface area contributed by atoms with E-state index in [-0.39, 0.29) is 36.4 Å². The van der Waals surface area contributed by atoms with Crippen molar-refractivity contribution in [2.75, 3.05) is 6.54 Å². The van der Waals surface area contributed by atoms with Crippen LogP contribution in [0.25, 0.3) is 0 Å². The number of amides is 2. The van der Waals surface area contributed by atoms with Crippen molar-refractivity contribution in [2.24, 2.45) is 5.92 Å². The van der Waals surface area contributed by atoms with Crippen LogP contribution in [0.1, 0.15) is 65.7 Å². The average molecular weight is 459 g/mol. The average Bonchev–Trinajstić information content (AvgIpc) is 3.54. The minimum absolute atomic E-state index is 0.0718. The Balaban J connectivity index is 1.36. The van der Waals surface area contributed by atoms with Gasteiger partial charge in [-0.05, 0) is 60.2 Å². The molecular formula is C28H30N2O4. The molecule has 6 heteroatoms. The Kier molecular flexibility index (Phi) is 6.14. The van der Waals surface area contributed by atoms with Gasteiger partial charge < -0.3 is 19.4 Å². The number of benzene rings is 2. The molecule has 1 aliphatic carbocycles. The summed E-state index contributed by atoms with van der Waals surface area (Å²) >= 11 is 0. The summed E-state index contributed by atoms with van der Waals surface area (Å²) in [6.45, 7) is 4.81. The van der Waals surface area contributed by atoms with Crippen LogP contribution in [-0.2, 0) is 17.8 Å². The molecule has 3 aromatic rings. The molecule has 0 saturated heterocycles. The first-order valence-corrected chi connectivity index (χ1v) is 12.0. The molecule has 2 aliphatic rings. The van der Waals surface area contributed by atoms with E-state index in [1.54, 1.807) is 12.1 Å². The SMILES string of the molecule is CC(C)C(=O)N1CCc2ccc(OCc3ccc(C(=O)NC4CC4)o3)cc2C1c1ccccc1. The molecule has 0 bridgehead atoms. The topological polar surface area (TPSA) is 71.8 Å². The first-order chi connectivity index (χ1) is 16.5. The van der Waals surface area contributed by atoms with Gasteiger partial charge in [0.15, 0.2) is 5.76 Å². The van der Waals surface area contributed by atoms with Crippen molar-refractivity contribution >= 4 is 11.8 Å². The highest BCUT2D eigenvalue weighted by atomic mass is 16.5. The molecule has 1 atom stereocenters. The van der Waals surface area contributed by atoms with Crippen molar-refractivity contribution in [3.05, 3.63) is 88.9 Å². The highest BCUT2D eigenvalue weighted by molar-refractivity contribution is 5.91. The van der Waals surface area contributed by atoms with Crippen LogP contribution in [0, 0.1) is 5.92 Å². The van der Waals surface area contributed by atoms with Gasteiger partial charge in [0.1, 0.15) is 18.1 Å². The zero-order chi connectivity index (χ0) is 23.7. The van der Waals surface area contributed by atoms with Gasteiger partial charge >= 0.3 is 0 Å². The molecule has 1 saturated carbocycles. The van der Waals surface area contributed by atoms with E-state index in [9.17, 15) is 9.59 Å². The number of carbonyl (C=O) groups excluding carboxylic acids is 2. The smallest absolute Gasteiger partial charge is 0.287 e. The quantitative estimate of drug-likeness (QED) is 0.548. The molecule has 2 amide bonds. The zero-order valence-corrected chi connectivity index (χ0v) is 19.6. The van der Waals surface area contributed by atoms with E-state index in [2.05, 4.69) is 23.5 Å². The predicted octanol–water partition coefficient (Wildman–Crippen LogP) is 4.88. The summed E-state index contributed by atoms with van der Waals surface area (Å²) in [5.41, 5.74) is 3.41. The van der Waals surface area contributed by atoms with Crippen LogP contribution in [0.4, 0.5) is 0 Å². The van der Waals surface area contributed by atoms with Gasteiger partial charge in [-0.25, -0.2) is 0 Å². The molecular weight excluding hydrogens is 428 g/mol. The molecule has 1 N–H and O–H groups in total. The third kappa shape index (κ3) is 4.72. The molecule has 2 heterocycles. The van der Waals surface area contributed by atoms with E-state index < -0.39 is 0 Å². The Morgan fingerprint density at radius 3 is 2.62 bits per heavy atom. The number of nitrogens with one attached hydrogen (secondary N) is 1. The van der Waals surface area contributed by atoms with Crippen LogP contribution in [0.15, 0.2) is 65.1 Å². The standard InChI is InChI=1S/C28H30N2O4/c1-18(2)28(32)30-15-14-19-8-11-22(16-24(19)26(30)20-6-4-3-5-7-20)33-17-23-12-13-25(34-23)27(31)29-21-9-10-21/h3-8,11-13,16,18,21,26H,9-10,14-15,17H2,1-2H3,(H,29,31). The van der Waals surface area contributed by atoms with Crippen LogP contribution in [0.5, 0.6) is 5.75 Å². The van der Waals surface area contributed by atoms with Crippen molar-refractivity contribution in [3.8, 4) is 5.75 Å². The highest BCUT2D eigenvalue weighted by Gasteiger charge is 2.33. The number of nitrogens with zero attached hydrogens (tertiary/aromatic N) is 1. The van der Waals surface area contributed by atoms with Crippen molar-refractivity contribution in [1.82, 2.24) is 10.2 Å². The zero-order valence-electron chi connectivity index (χ0n) is 19.6. The van der Waals surface area contributed by atoms with E-state index in [1.165, 1.54) is 5.56 Å². The number of rotatable bonds is 7. The molecule has 34 heavy (non-hydrogen) atoms. The van der Waals surface area contributed by atoms with Gasteiger partial charge in [-0.15, -0.1) is 0 Å². The molecule has 1 unspecified atom stereocenters. The number of carbonyl (C=O) groups is 2. The van der Waals surface area contributed by atoms with Crippen LogP contribution in [0.3, 0.4) is 0 Å². The van der Waals surface area contributed by atoms with Gasteiger partial charge in [0.2, 0.25) is 5.91 Å². The Labute approximate surface area is 199 Å². The van der Waals surface area contributed by atoms with Crippen molar-refractivity contribution in [1.29, 1.82) is 0 Å². The van der Waals surface area contributed by atoms with Gasteiger partial charge in [0.25, 0.3) is 5.91 Å². The van der Waals surface area contributed by atoms with Crippen molar-refractivity contribution in [2.45, 2.75) is 51.8 Å². The molecule has 1 aromatic heterocycles. The number of hydrogen-bond donors (Lipinski definition) is 1. The monoisotopic (exact) mass is 458 g/mol. The Morgan fingerprint density at radius 1 is 1.09 bits per heavy atom. The second-order valence-electron chi connectivity index (χ2n) is 9.41. The van der Waals surface area contributed by atoms with E-state index >= 15 is 0 Å². The van der Waals surface area contributed by atoms with Gasteiger partial charge in [0.05, 0.1) is 6.04 Å². The Morgan fingerprint density at radius 2 is 1.88 bits per heavy atom. The van der Waals surface area contributed by atoms with Gasteiger partial charge in [-0.3, -0.25) is 9.59 Å². The Hall–Kier alpha value is -3.54. The number of fused-ring (bicyclic) bond motifs is 1. The molecule has 1 aliphatic heterocycles. The van der Waals surface area contributed by atoms with Crippen molar-refractivity contribution < 1.29 is 18.7 Å². The largest absolute Gasteiger partial charge is 0.486 e. The maximum atomic E-state index is 13.1. The van der Waals surface area contributed by atoms with Crippen LogP contribution < -0.4 is 10.1 Å². The predicted molar refractivity (Wildman–Crippen MR) is 129 cm³/mol. The molecule has 1 fully saturated rings. The van der Waals surface area contributed by atoms with Gasteiger partial charge in [-0.1, -0.05) is 50.2 Å². The lowest BCUT2D eigenvalue weighted by Gasteiger charge is -2.39. The first kappa shape index (κ1) is 22.3. The number of furan rings is 1. The fourth-order valence-corrected chi connectivity index (χ4v) is 4.46. The molecule has 2 aromatic carbocycles. The van der Waals surface area contributed by atoms with E-state index in [1.807, 2.05) is 49.1 Å². The second-order valence-corrected chi connectivity index (χ2v) is 9.41. The minimum Gasteiger partial charge on any atom is -0.486 e. The molecule has 0 spiro atoms. The summed E-state index contributed by atoms with van der Waals surface area (Å²) in [6.07, 6.45) is 2.88. The lowest BCUT2D eigenvalue weighted by atomic mass is 9.87. The summed E-state index contributed by atoms with van der Waals surface area (Å²) in [6, 6.07) is 19.8. The van der Waals surface area contributed by atoms with Gasteiger partial charge in [0, 0.05) is 18.5 Å². The molecule has 5 rings (SSSR count). The highest BCUT2D eigenvalue weighted by Crippen LogP contribution is 2.38. The summed E-state index contributed by atoms with van der Waals surface area (Å²) in [4.78, 5) is 27.2. The third-order valence-electron chi connectivity index (χ3n) is 6.42. The summed E-state index contributed by atoms with van der Waals surface area (Å²) in [7, 11) is 0. The van der Waals surface area contributed by atoms with Gasteiger partial charge in [-0.2, -0.15) is 0 Å². The summed E-state index contributed by atoms with van der Waals surface area (Å²) in [5, 5.41) is 2.93. The van der Waals surface area contributed by atoms with Crippen LogP contribution in [0.2, 0.25) is 0 Å². The lowest BCUT2D eigenvalue weighted by molar-refractivity contribution is -0.136. The minimum atomic E-state index is -0.178. The third-order valence-corrected chi connectivity index (χ3v) is 6.42. The van der Waals surface area contributed by atoms with Crippen LogP contribution >= 0.6 is 0 Å². The maximum Gasteiger partial charge on any atom is 0.287 e. The van der Waals surface area contributed by atoms with E-state index in [0.29, 0.717) is 23.8 Å². The van der Waals surface area contributed by atoms with E-state index in [4.69, 9.17) is 9.15 Å². The summed E-state index contributed by atoms with van der Waals surface area (Å²) < 4.78 is 11.7.